The maximum Gasteiger partial charge on any atom is 3.00 e. The predicted octanol–water partition coefficient (Wildman–Crippen LogP) is 14.7. The molecule has 0 bridgehead atoms. The smallest absolute Gasteiger partial charge is 0.661 e. The summed E-state index contributed by atoms with van der Waals surface area (Å²) in [5.41, 5.74) is 12.7. The van der Waals surface area contributed by atoms with Crippen LogP contribution in [0.25, 0.3) is 38.5 Å². The van der Waals surface area contributed by atoms with Crippen LogP contribution in [-0.2, 0) is 26.5 Å². The van der Waals surface area contributed by atoms with Crippen LogP contribution in [-0.4, -0.2) is 13.1 Å². The van der Waals surface area contributed by atoms with E-state index in [4.69, 9.17) is 14.7 Å². The summed E-state index contributed by atoms with van der Waals surface area (Å²) in [6, 6.07) is 44.9. The van der Waals surface area contributed by atoms with E-state index in [2.05, 4.69) is 149 Å². The number of rotatable bonds is 8. The Balaban J connectivity index is 0.000000187. The number of hydrogen-bond donors (Lipinski definition) is 0. The van der Waals surface area contributed by atoms with Crippen LogP contribution in [0.4, 0.5) is 17.1 Å². The molecule has 0 amide bonds. The zero-order chi connectivity index (χ0) is 39.7. The first kappa shape index (κ1) is 41.7. The largest absolute Gasteiger partial charge is 3.00 e. The third-order valence-corrected chi connectivity index (χ3v) is 13.9. The molecular formula is C52H56IrN3OSi. The van der Waals surface area contributed by atoms with Crippen LogP contribution in [0.1, 0.15) is 100 Å². The van der Waals surface area contributed by atoms with Crippen molar-refractivity contribution in [3.8, 4) is 11.3 Å². The van der Waals surface area contributed by atoms with Crippen LogP contribution in [0.2, 0.25) is 19.6 Å². The van der Waals surface area contributed by atoms with Crippen molar-refractivity contribution >= 4 is 52.3 Å². The van der Waals surface area contributed by atoms with Crippen molar-refractivity contribution in [1.82, 2.24) is 4.98 Å². The average Bonchev–Trinajstić information content (AvgIpc) is 3.79. The molecule has 2 aliphatic rings. The number of benzene rings is 5. The van der Waals surface area contributed by atoms with Crippen LogP contribution in [0.5, 0.6) is 0 Å². The van der Waals surface area contributed by atoms with E-state index < -0.39 is 8.07 Å². The van der Waals surface area contributed by atoms with Gasteiger partial charge < -0.3 is 19.6 Å². The third kappa shape index (κ3) is 8.62. The molecule has 1 aliphatic heterocycles. The van der Waals surface area contributed by atoms with E-state index in [1.807, 2.05) is 30.3 Å². The number of hydrogen-bond acceptors (Lipinski definition) is 3. The topological polar surface area (TPSA) is 43.4 Å². The second-order valence-corrected chi connectivity index (χ2v) is 22.7. The minimum Gasteiger partial charge on any atom is -0.661 e. The Morgan fingerprint density at radius 1 is 0.776 bits per heavy atom. The maximum atomic E-state index is 6.07. The molecule has 7 aromatic rings. The molecule has 1 atom stereocenters. The first-order chi connectivity index (χ1) is 27.6. The van der Waals surface area contributed by atoms with E-state index in [1.54, 1.807) is 10.8 Å². The van der Waals surface area contributed by atoms with Crippen molar-refractivity contribution in [2.75, 3.05) is 4.90 Å². The number of pyridine rings is 1. The van der Waals surface area contributed by atoms with Crippen LogP contribution in [0, 0.1) is 18.1 Å². The molecular weight excluding hydrogens is 903 g/mol. The van der Waals surface area contributed by atoms with Crippen LogP contribution in [0.15, 0.2) is 120 Å². The normalized spacial score (nSPS) is 15.6. The Labute approximate surface area is 360 Å². The summed E-state index contributed by atoms with van der Waals surface area (Å²) in [6.07, 6.45) is 10.3. The fourth-order valence-corrected chi connectivity index (χ4v) is 10.5. The standard InChI is InChI=1S/C31H28N2O.C21H28NSi.Ir/c1-19(2)22-11-9-12-23(20(3)4)30(22)33-27-14-7-6-13-26(27)32-31(33)21-16-17-29-25(18-21)24-10-5-8-15-28(24)34-29;1-23(2,3)21-16-22-20(18-12-8-5-9-13-18)15-19(21)14-17-10-6-4-7-11-17;/h5-15,17-20,31H,1-4H3;5,8-9,12,15-17H,4,6-7,10-11,14H2,1-3H3;/q-2;-1;+3. The van der Waals surface area contributed by atoms with Gasteiger partial charge >= 0.3 is 20.1 Å². The van der Waals surface area contributed by atoms with Crippen molar-refractivity contribution in [3.63, 3.8) is 0 Å². The first-order valence-corrected chi connectivity index (χ1v) is 24.6. The van der Waals surface area contributed by atoms with Crippen molar-refractivity contribution in [3.05, 3.63) is 155 Å². The van der Waals surface area contributed by atoms with E-state index in [1.165, 1.54) is 55.3 Å². The summed E-state index contributed by atoms with van der Waals surface area (Å²) in [7, 11) is -1.36. The van der Waals surface area contributed by atoms with Gasteiger partial charge in [0.2, 0.25) is 0 Å². The molecule has 6 heteroatoms. The molecule has 1 saturated carbocycles. The van der Waals surface area contributed by atoms with Gasteiger partial charge in [0.15, 0.2) is 0 Å². The van der Waals surface area contributed by atoms with Gasteiger partial charge in [-0.2, -0.15) is 17.7 Å². The first-order valence-electron chi connectivity index (χ1n) is 21.1. The molecule has 58 heavy (non-hydrogen) atoms. The number of nitrogens with zero attached hydrogens (tertiary/aromatic N) is 3. The second-order valence-electron chi connectivity index (χ2n) is 17.7. The van der Waals surface area contributed by atoms with Crippen LogP contribution < -0.4 is 10.1 Å². The number of anilines is 2. The van der Waals surface area contributed by atoms with Crippen LogP contribution >= 0.6 is 0 Å². The minimum absolute atomic E-state index is 0. The summed E-state index contributed by atoms with van der Waals surface area (Å²) in [5.74, 6) is 1.66. The molecule has 5 aromatic carbocycles. The van der Waals surface area contributed by atoms with Gasteiger partial charge in [-0.3, -0.25) is 0 Å². The van der Waals surface area contributed by atoms with E-state index in [9.17, 15) is 0 Å². The summed E-state index contributed by atoms with van der Waals surface area (Å²) in [6.45, 7) is 16.4. The Kier molecular flexibility index (Phi) is 12.8. The summed E-state index contributed by atoms with van der Waals surface area (Å²) < 4.78 is 6.07. The number of aromatic nitrogens is 1. The number of furan rings is 1. The molecule has 1 aliphatic carbocycles. The Morgan fingerprint density at radius 3 is 2.19 bits per heavy atom. The van der Waals surface area contributed by atoms with Gasteiger partial charge in [0.25, 0.3) is 0 Å². The predicted molar refractivity (Wildman–Crippen MR) is 243 cm³/mol. The molecule has 3 heterocycles. The summed E-state index contributed by atoms with van der Waals surface area (Å²) in [4.78, 5) is 7.20. The average molecular weight is 959 g/mol. The molecule has 1 unspecified atom stereocenters. The second kappa shape index (κ2) is 17.8. The van der Waals surface area contributed by atoms with Crippen molar-refractivity contribution < 1.29 is 24.5 Å². The van der Waals surface area contributed by atoms with Crippen molar-refractivity contribution in [1.29, 1.82) is 0 Å². The molecule has 298 valence electrons. The van der Waals surface area contributed by atoms with Gasteiger partial charge in [-0.05, 0) is 64.5 Å². The zero-order valence-electron chi connectivity index (χ0n) is 35.1. The van der Waals surface area contributed by atoms with Gasteiger partial charge in [-0.15, -0.1) is 47.6 Å². The fourth-order valence-electron chi connectivity index (χ4n) is 8.92. The Morgan fingerprint density at radius 2 is 1.48 bits per heavy atom. The van der Waals surface area contributed by atoms with Gasteiger partial charge in [0, 0.05) is 28.5 Å². The number of fused-ring (bicyclic) bond motifs is 4. The van der Waals surface area contributed by atoms with E-state index in [-0.39, 0.29) is 26.3 Å². The molecule has 2 aromatic heterocycles. The molecule has 0 N–H and O–H groups in total. The molecule has 4 nitrogen and oxygen atoms in total. The Bertz CT molecular complexity index is 2450. The van der Waals surface area contributed by atoms with Crippen LogP contribution in [0.3, 0.4) is 0 Å². The fraction of sp³-hybridized carbons (Fsp3) is 0.327. The summed E-state index contributed by atoms with van der Waals surface area (Å²) in [5, 5.41) is 8.99. The van der Waals surface area contributed by atoms with Gasteiger partial charge in [-0.1, -0.05) is 151 Å². The van der Waals surface area contributed by atoms with Crippen molar-refractivity contribution in [2.24, 2.45) is 5.92 Å². The summed E-state index contributed by atoms with van der Waals surface area (Å²) >= 11 is 0. The molecule has 0 radical (unpaired) electrons. The molecule has 9 rings (SSSR count). The van der Waals surface area contributed by atoms with Gasteiger partial charge in [0.1, 0.15) is 5.58 Å². The van der Waals surface area contributed by atoms with Crippen molar-refractivity contribution in [2.45, 2.75) is 104 Å². The SMILES string of the molecule is CC(C)c1cccc(C(C)C)c1N1c2ccccc2[N-]C1c1[c-]cc2oc3ccccc3c2c1.C[Si](C)(C)c1cnc(-c2[c-]cccc2)cc1CC1CCCCC1.[Ir+3]. The van der Waals surface area contributed by atoms with E-state index in [0.717, 1.165) is 56.1 Å². The molecule has 0 spiro atoms. The molecule has 0 saturated heterocycles. The number of para-hydroxylation sites is 4. The van der Waals surface area contributed by atoms with Gasteiger partial charge in [0.05, 0.1) is 8.07 Å². The van der Waals surface area contributed by atoms with E-state index >= 15 is 0 Å². The quantitative estimate of drug-likeness (QED) is 0.113. The van der Waals surface area contributed by atoms with E-state index in [0.29, 0.717) is 11.8 Å². The molecule has 1 fully saturated rings. The monoisotopic (exact) mass is 959 g/mol. The maximum absolute atomic E-state index is 6.07. The minimum atomic E-state index is -1.36. The zero-order valence-corrected chi connectivity index (χ0v) is 38.5. The van der Waals surface area contributed by atoms with Gasteiger partial charge in [-0.25, -0.2) is 0 Å². The third-order valence-electron chi connectivity index (χ3n) is 11.9. The Hall–Kier alpha value is -4.48.